The highest BCUT2D eigenvalue weighted by Crippen LogP contribution is 2.31. The molecule has 7 heteroatoms. The van der Waals surface area contributed by atoms with E-state index in [-0.39, 0.29) is 18.2 Å². The minimum atomic E-state index is -0.922. The molecule has 4 rings (SSSR count). The summed E-state index contributed by atoms with van der Waals surface area (Å²) in [6, 6.07) is 13.9. The Kier molecular flexibility index (Phi) is 5.82. The normalized spacial score (nSPS) is 26.8. The van der Waals surface area contributed by atoms with Gasteiger partial charge in [-0.2, -0.15) is 0 Å². The Bertz CT molecular complexity index is 921. The summed E-state index contributed by atoms with van der Waals surface area (Å²) in [5, 5.41) is 11.7. The second-order valence-electron chi connectivity index (χ2n) is 7.95. The van der Waals surface area contributed by atoms with Crippen LogP contribution in [0.5, 0.6) is 5.75 Å². The number of piperidine rings is 1. The van der Waals surface area contributed by atoms with Crippen LogP contribution in [-0.4, -0.2) is 42.7 Å². The molecule has 2 aliphatic heterocycles. The van der Waals surface area contributed by atoms with Gasteiger partial charge in [-0.15, -0.1) is 0 Å². The van der Waals surface area contributed by atoms with E-state index in [4.69, 9.17) is 16.3 Å². The van der Waals surface area contributed by atoms with Gasteiger partial charge in [-0.25, -0.2) is 4.90 Å². The molecule has 0 radical (unpaired) electrons. The van der Waals surface area contributed by atoms with Gasteiger partial charge in [0.2, 0.25) is 5.91 Å². The highest BCUT2D eigenvalue weighted by molar-refractivity contribution is 6.30. The maximum atomic E-state index is 13.1. The molecule has 158 valence electrons. The number of halogens is 1. The Morgan fingerprint density at radius 3 is 2.33 bits per heavy atom. The van der Waals surface area contributed by atoms with Crippen LogP contribution in [0, 0.1) is 0 Å². The summed E-state index contributed by atoms with van der Waals surface area (Å²) >= 11 is 5.96. The lowest BCUT2D eigenvalue weighted by Gasteiger charge is -2.38. The van der Waals surface area contributed by atoms with E-state index in [1.807, 2.05) is 19.1 Å². The number of quaternary nitrogens is 1. The number of carbonyl (C=O) groups excluding carboxylic acids is 2. The van der Waals surface area contributed by atoms with Crippen LogP contribution in [0.25, 0.3) is 0 Å². The highest BCUT2D eigenvalue weighted by Gasteiger charge is 2.48. The van der Waals surface area contributed by atoms with Crippen molar-refractivity contribution >= 4 is 29.1 Å². The quantitative estimate of drug-likeness (QED) is 0.712. The van der Waals surface area contributed by atoms with Crippen molar-refractivity contribution in [1.29, 1.82) is 0 Å². The van der Waals surface area contributed by atoms with Crippen LogP contribution in [0.1, 0.15) is 31.7 Å². The number of rotatable bonds is 5. The van der Waals surface area contributed by atoms with Crippen LogP contribution < -0.4 is 14.5 Å². The van der Waals surface area contributed by atoms with Gasteiger partial charge in [-0.1, -0.05) is 23.7 Å². The van der Waals surface area contributed by atoms with Crippen molar-refractivity contribution in [2.45, 2.75) is 37.8 Å². The molecule has 2 aromatic carbocycles. The summed E-state index contributed by atoms with van der Waals surface area (Å²) in [6.45, 7) is 3.71. The number of nitrogens with zero attached hydrogens (tertiary/aromatic N) is 1. The minimum Gasteiger partial charge on any atom is -0.494 e. The summed E-state index contributed by atoms with van der Waals surface area (Å²) in [5.74, 6) is 0.358. The number of hydrogen-bond donors (Lipinski definition) is 2. The van der Waals surface area contributed by atoms with E-state index in [1.54, 1.807) is 36.4 Å². The van der Waals surface area contributed by atoms with Crippen molar-refractivity contribution < 1.29 is 24.3 Å². The highest BCUT2D eigenvalue weighted by atomic mass is 35.5. The number of benzene rings is 2. The van der Waals surface area contributed by atoms with Gasteiger partial charge in [0.25, 0.3) is 5.91 Å². The van der Waals surface area contributed by atoms with E-state index < -0.39 is 11.6 Å². The molecule has 2 aromatic rings. The lowest BCUT2D eigenvalue weighted by Crippen LogP contribution is -3.18. The molecule has 2 fully saturated rings. The van der Waals surface area contributed by atoms with Crippen LogP contribution in [0.3, 0.4) is 0 Å². The molecule has 0 bridgehead atoms. The maximum absolute atomic E-state index is 13.1. The molecular weight excluding hydrogens is 404 g/mol. The van der Waals surface area contributed by atoms with E-state index in [0.29, 0.717) is 49.0 Å². The van der Waals surface area contributed by atoms with E-state index in [0.717, 1.165) is 10.5 Å². The monoisotopic (exact) mass is 429 g/mol. The first-order valence-electron chi connectivity index (χ1n) is 10.3. The number of aliphatic hydroxyl groups is 1. The van der Waals surface area contributed by atoms with Crippen LogP contribution in [0.15, 0.2) is 48.5 Å². The third-order valence-electron chi connectivity index (χ3n) is 6.15. The summed E-state index contributed by atoms with van der Waals surface area (Å²) in [6.07, 6.45) is 1.26. The van der Waals surface area contributed by atoms with E-state index >= 15 is 0 Å². The summed E-state index contributed by atoms with van der Waals surface area (Å²) in [5.41, 5.74) is 0.495. The maximum Gasteiger partial charge on any atom is 0.292 e. The minimum absolute atomic E-state index is 0.170. The molecule has 0 aromatic heterocycles. The first kappa shape index (κ1) is 20.8. The van der Waals surface area contributed by atoms with Gasteiger partial charge in [0.15, 0.2) is 6.04 Å². The summed E-state index contributed by atoms with van der Waals surface area (Å²) in [7, 11) is 0. The van der Waals surface area contributed by atoms with Crippen molar-refractivity contribution in [2.24, 2.45) is 0 Å². The number of carbonyl (C=O) groups is 2. The Hall–Kier alpha value is -2.41. The molecule has 0 saturated carbocycles. The number of nitrogens with one attached hydrogen (secondary N) is 1. The van der Waals surface area contributed by atoms with Crippen LogP contribution in [0.2, 0.25) is 5.02 Å². The zero-order chi connectivity index (χ0) is 21.3. The fraction of sp³-hybridized carbons (Fsp3) is 0.391. The topological polar surface area (TPSA) is 71.3 Å². The third-order valence-corrected chi connectivity index (χ3v) is 6.40. The predicted octanol–water partition coefficient (Wildman–Crippen LogP) is 1.94. The number of hydrogen-bond acceptors (Lipinski definition) is 4. The molecule has 6 nitrogen and oxygen atoms in total. The first-order valence-corrected chi connectivity index (χ1v) is 10.7. The third kappa shape index (κ3) is 3.95. The van der Waals surface area contributed by atoms with Crippen LogP contribution in [0.4, 0.5) is 5.69 Å². The first-order chi connectivity index (χ1) is 14.4. The number of anilines is 1. The van der Waals surface area contributed by atoms with Gasteiger partial charge in [-0.3, -0.25) is 9.59 Å². The number of imide groups is 1. The predicted molar refractivity (Wildman–Crippen MR) is 114 cm³/mol. The molecule has 2 amide bonds. The molecular formula is C23H26ClN2O4+. The van der Waals surface area contributed by atoms with Crippen molar-refractivity contribution in [3.05, 3.63) is 59.1 Å². The van der Waals surface area contributed by atoms with E-state index in [2.05, 4.69) is 0 Å². The second kappa shape index (κ2) is 8.38. The van der Waals surface area contributed by atoms with Crippen LogP contribution >= 0.6 is 11.6 Å². The van der Waals surface area contributed by atoms with Gasteiger partial charge in [-0.05, 0) is 48.9 Å². The molecule has 2 N–H and O–H groups in total. The van der Waals surface area contributed by atoms with E-state index in [9.17, 15) is 14.7 Å². The van der Waals surface area contributed by atoms with Crippen molar-refractivity contribution in [3.8, 4) is 5.75 Å². The number of likely N-dealkylation sites (tertiary alicyclic amines) is 1. The SMILES string of the molecule is CCOc1ccc(N2C(=O)C[C@@H]([NH+]3CCC(O)(c4ccc(Cl)cc4)CC3)C2=O)cc1. The Morgan fingerprint density at radius 2 is 1.73 bits per heavy atom. The second-order valence-corrected chi connectivity index (χ2v) is 8.38. The molecule has 0 spiro atoms. The molecule has 1 atom stereocenters. The number of ether oxygens (including phenoxy) is 1. The Balaban J connectivity index is 1.44. The Morgan fingerprint density at radius 1 is 1.10 bits per heavy atom. The molecule has 2 aliphatic rings. The molecule has 2 saturated heterocycles. The van der Waals surface area contributed by atoms with Crippen molar-refractivity contribution in [1.82, 2.24) is 0 Å². The standard InChI is InChI=1S/C23H25ClN2O4/c1-2-30-19-9-7-18(8-10-19)26-21(27)15-20(22(26)28)25-13-11-23(29,12-14-25)16-3-5-17(24)6-4-16/h3-10,20,29H,2,11-15H2,1H3/p+1/t20-/m1/s1. The van der Waals surface area contributed by atoms with Gasteiger partial charge in [0.1, 0.15) is 11.4 Å². The molecule has 30 heavy (non-hydrogen) atoms. The van der Waals surface area contributed by atoms with Gasteiger partial charge in [0.05, 0.1) is 31.8 Å². The average molecular weight is 430 g/mol. The zero-order valence-corrected chi connectivity index (χ0v) is 17.7. The lowest BCUT2D eigenvalue weighted by atomic mass is 9.84. The summed E-state index contributed by atoms with van der Waals surface area (Å²) < 4.78 is 5.43. The molecule has 2 heterocycles. The van der Waals surface area contributed by atoms with Crippen molar-refractivity contribution in [2.75, 3.05) is 24.6 Å². The zero-order valence-electron chi connectivity index (χ0n) is 16.9. The van der Waals surface area contributed by atoms with E-state index in [1.165, 1.54) is 4.90 Å². The van der Waals surface area contributed by atoms with Gasteiger partial charge < -0.3 is 14.7 Å². The Labute approximate surface area is 181 Å². The van der Waals surface area contributed by atoms with Gasteiger partial charge in [0, 0.05) is 17.9 Å². The largest absolute Gasteiger partial charge is 0.494 e. The summed E-state index contributed by atoms with van der Waals surface area (Å²) in [4.78, 5) is 28.0. The molecule has 0 aliphatic carbocycles. The lowest BCUT2D eigenvalue weighted by molar-refractivity contribution is -0.922. The number of amides is 2. The smallest absolute Gasteiger partial charge is 0.292 e. The van der Waals surface area contributed by atoms with Crippen molar-refractivity contribution in [3.63, 3.8) is 0 Å². The fourth-order valence-electron chi connectivity index (χ4n) is 4.46. The van der Waals surface area contributed by atoms with Gasteiger partial charge >= 0.3 is 0 Å². The average Bonchev–Trinajstić information content (AvgIpc) is 3.04. The fourth-order valence-corrected chi connectivity index (χ4v) is 4.59. The molecule has 0 unspecified atom stereocenters. The van der Waals surface area contributed by atoms with Crippen LogP contribution in [-0.2, 0) is 15.2 Å².